The van der Waals surface area contributed by atoms with Gasteiger partial charge < -0.3 is 9.84 Å². The molecule has 0 aromatic rings. The van der Waals surface area contributed by atoms with Gasteiger partial charge in [0.15, 0.2) is 5.41 Å². The minimum absolute atomic E-state index is 0.0580. The molecule has 92 valence electrons. The molecule has 0 amide bonds. The van der Waals surface area contributed by atoms with E-state index in [2.05, 4.69) is 0 Å². The zero-order chi connectivity index (χ0) is 12.2. The molecule has 0 radical (unpaired) electrons. The molecule has 0 aliphatic heterocycles. The van der Waals surface area contributed by atoms with Crippen molar-refractivity contribution < 1.29 is 19.4 Å². The zero-order valence-corrected chi connectivity index (χ0v) is 9.99. The van der Waals surface area contributed by atoms with Gasteiger partial charge in [-0.1, -0.05) is 26.2 Å². The first-order valence-corrected chi connectivity index (χ1v) is 5.91. The largest absolute Gasteiger partial charge is 0.480 e. The number of carboxylic acids is 1. The topological polar surface area (TPSA) is 63.6 Å². The molecule has 16 heavy (non-hydrogen) atoms. The van der Waals surface area contributed by atoms with Crippen LogP contribution in [-0.4, -0.2) is 24.2 Å². The predicted molar refractivity (Wildman–Crippen MR) is 59.0 cm³/mol. The quantitative estimate of drug-likeness (QED) is 0.579. The maximum atomic E-state index is 11.8. The number of ether oxygens (including phenoxy) is 1. The van der Waals surface area contributed by atoms with Gasteiger partial charge in [0.1, 0.15) is 0 Å². The fraction of sp³-hybridized carbons (Fsp3) is 0.833. The Morgan fingerprint density at radius 3 is 2.31 bits per heavy atom. The van der Waals surface area contributed by atoms with Gasteiger partial charge in [0.05, 0.1) is 7.11 Å². The van der Waals surface area contributed by atoms with Gasteiger partial charge >= 0.3 is 11.9 Å². The summed E-state index contributed by atoms with van der Waals surface area (Å²) < 4.78 is 4.72. The van der Waals surface area contributed by atoms with Gasteiger partial charge in [-0.3, -0.25) is 9.59 Å². The Morgan fingerprint density at radius 2 is 1.94 bits per heavy atom. The lowest BCUT2D eigenvalue weighted by molar-refractivity contribution is -0.172. The predicted octanol–water partition coefficient (Wildman–Crippen LogP) is 2.22. The van der Waals surface area contributed by atoms with E-state index in [4.69, 9.17) is 4.74 Å². The second kappa shape index (κ2) is 5.32. The Bertz CT molecular complexity index is 268. The zero-order valence-electron chi connectivity index (χ0n) is 9.99. The molecule has 0 aromatic heterocycles. The molecular formula is C12H20O4. The molecule has 1 atom stereocenters. The maximum absolute atomic E-state index is 11.8. The number of carbonyl (C=O) groups is 2. The Morgan fingerprint density at radius 1 is 1.38 bits per heavy atom. The summed E-state index contributed by atoms with van der Waals surface area (Å²) in [6.45, 7) is 1.90. The maximum Gasteiger partial charge on any atom is 0.323 e. The SMILES string of the molecule is CCCC(C(=O)O)(C(=O)OC)C1CCCC1. The van der Waals surface area contributed by atoms with Gasteiger partial charge in [0, 0.05) is 0 Å². The van der Waals surface area contributed by atoms with Crippen molar-refractivity contribution >= 4 is 11.9 Å². The van der Waals surface area contributed by atoms with Crippen LogP contribution in [0, 0.1) is 11.3 Å². The molecule has 0 spiro atoms. The van der Waals surface area contributed by atoms with Crippen LogP contribution < -0.4 is 0 Å². The second-order valence-electron chi connectivity index (χ2n) is 4.50. The summed E-state index contributed by atoms with van der Waals surface area (Å²) in [6, 6.07) is 0. The van der Waals surface area contributed by atoms with E-state index in [0.717, 1.165) is 25.7 Å². The van der Waals surface area contributed by atoms with Crippen molar-refractivity contribution in [2.45, 2.75) is 45.4 Å². The average Bonchev–Trinajstić information content (AvgIpc) is 2.78. The van der Waals surface area contributed by atoms with E-state index in [9.17, 15) is 14.7 Å². The number of hydrogen-bond acceptors (Lipinski definition) is 3. The van der Waals surface area contributed by atoms with Gasteiger partial charge in [0.25, 0.3) is 0 Å². The Hall–Kier alpha value is -1.06. The molecule has 4 heteroatoms. The monoisotopic (exact) mass is 228 g/mol. The van der Waals surface area contributed by atoms with Gasteiger partial charge in [-0.2, -0.15) is 0 Å². The molecule has 0 bridgehead atoms. The summed E-state index contributed by atoms with van der Waals surface area (Å²) in [5, 5.41) is 9.42. The Balaban J connectivity index is 3.04. The van der Waals surface area contributed by atoms with Crippen molar-refractivity contribution in [1.82, 2.24) is 0 Å². The molecule has 0 aromatic carbocycles. The van der Waals surface area contributed by atoms with Crippen LogP contribution in [0.4, 0.5) is 0 Å². The Labute approximate surface area is 96.0 Å². The summed E-state index contributed by atoms with van der Waals surface area (Å²) in [7, 11) is 1.27. The first-order valence-electron chi connectivity index (χ1n) is 5.91. The van der Waals surface area contributed by atoms with Crippen LogP contribution in [0.5, 0.6) is 0 Å². The first kappa shape index (κ1) is 13.0. The van der Waals surface area contributed by atoms with Crippen molar-refractivity contribution in [1.29, 1.82) is 0 Å². The van der Waals surface area contributed by atoms with Crippen molar-refractivity contribution in [3.8, 4) is 0 Å². The van der Waals surface area contributed by atoms with E-state index in [1.807, 2.05) is 6.92 Å². The molecule has 1 saturated carbocycles. The molecule has 1 N–H and O–H groups in total. The number of carbonyl (C=O) groups excluding carboxylic acids is 1. The Kier molecular flexibility index (Phi) is 4.33. The summed E-state index contributed by atoms with van der Waals surface area (Å²) >= 11 is 0. The summed E-state index contributed by atoms with van der Waals surface area (Å²) in [4.78, 5) is 23.3. The van der Waals surface area contributed by atoms with E-state index in [-0.39, 0.29) is 5.92 Å². The minimum Gasteiger partial charge on any atom is -0.480 e. The molecule has 4 nitrogen and oxygen atoms in total. The molecule has 1 unspecified atom stereocenters. The van der Waals surface area contributed by atoms with E-state index in [1.54, 1.807) is 0 Å². The highest BCUT2D eigenvalue weighted by Gasteiger charge is 2.53. The van der Waals surface area contributed by atoms with Crippen LogP contribution in [0.15, 0.2) is 0 Å². The molecule has 0 heterocycles. The van der Waals surface area contributed by atoms with Gasteiger partial charge in [-0.25, -0.2) is 0 Å². The number of esters is 1. The van der Waals surface area contributed by atoms with Gasteiger partial charge in [0.2, 0.25) is 0 Å². The summed E-state index contributed by atoms with van der Waals surface area (Å²) in [5.74, 6) is -1.65. The van der Waals surface area contributed by atoms with E-state index in [0.29, 0.717) is 12.8 Å². The minimum atomic E-state index is -1.31. The average molecular weight is 228 g/mol. The molecule has 1 rings (SSSR count). The fourth-order valence-electron chi connectivity index (χ4n) is 2.84. The third-order valence-corrected chi connectivity index (χ3v) is 3.63. The van der Waals surface area contributed by atoms with Gasteiger partial charge in [-0.05, 0) is 25.2 Å². The summed E-state index contributed by atoms with van der Waals surface area (Å²) in [6.07, 6.45) is 4.72. The fourth-order valence-corrected chi connectivity index (χ4v) is 2.84. The van der Waals surface area contributed by atoms with E-state index >= 15 is 0 Å². The lowest BCUT2D eigenvalue weighted by Crippen LogP contribution is -2.45. The van der Waals surface area contributed by atoms with Crippen LogP contribution in [0.25, 0.3) is 0 Å². The highest BCUT2D eigenvalue weighted by Crippen LogP contribution is 2.44. The highest BCUT2D eigenvalue weighted by molar-refractivity contribution is 5.99. The standard InChI is InChI=1S/C12H20O4/c1-3-8-12(10(13)14,11(15)16-2)9-6-4-5-7-9/h9H,3-8H2,1-2H3,(H,13,14). The molecule has 1 fully saturated rings. The van der Waals surface area contributed by atoms with Crippen LogP contribution in [-0.2, 0) is 14.3 Å². The molecule has 1 aliphatic rings. The van der Waals surface area contributed by atoms with Crippen LogP contribution in [0.2, 0.25) is 0 Å². The third kappa shape index (κ3) is 2.06. The molecular weight excluding hydrogens is 208 g/mol. The van der Waals surface area contributed by atoms with Crippen LogP contribution >= 0.6 is 0 Å². The third-order valence-electron chi connectivity index (χ3n) is 3.63. The molecule has 1 aliphatic carbocycles. The smallest absolute Gasteiger partial charge is 0.323 e. The van der Waals surface area contributed by atoms with Crippen LogP contribution in [0.1, 0.15) is 45.4 Å². The van der Waals surface area contributed by atoms with Crippen LogP contribution in [0.3, 0.4) is 0 Å². The van der Waals surface area contributed by atoms with Crippen molar-refractivity contribution in [3.05, 3.63) is 0 Å². The number of rotatable bonds is 5. The number of aliphatic carboxylic acids is 1. The first-order chi connectivity index (χ1) is 7.59. The normalized spacial score (nSPS) is 20.4. The van der Waals surface area contributed by atoms with Crippen molar-refractivity contribution in [3.63, 3.8) is 0 Å². The second-order valence-corrected chi connectivity index (χ2v) is 4.50. The van der Waals surface area contributed by atoms with E-state index in [1.165, 1.54) is 7.11 Å². The molecule has 0 saturated heterocycles. The lowest BCUT2D eigenvalue weighted by Gasteiger charge is -2.31. The van der Waals surface area contributed by atoms with Crippen molar-refractivity contribution in [2.75, 3.05) is 7.11 Å². The number of methoxy groups -OCH3 is 1. The highest BCUT2D eigenvalue weighted by atomic mass is 16.5. The summed E-state index contributed by atoms with van der Waals surface area (Å²) in [5.41, 5.74) is -1.31. The van der Waals surface area contributed by atoms with Gasteiger partial charge in [-0.15, -0.1) is 0 Å². The number of hydrogen-bond donors (Lipinski definition) is 1. The number of carboxylic acid groups (broad SMARTS) is 1. The van der Waals surface area contributed by atoms with E-state index < -0.39 is 17.4 Å². The van der Waals surface area contributed by atoms with Crippen molar-refractivity contribution in [2.24, 2.45) is 11.3 Å². The lowest BCUT2D eigenvalue weighted by atomic mass is 9.71.